The Kier molecular flexibility index (Phi) is 6.14. The lowest BCUT2D eigenvalue weighted by Gasteiger charge is -2.13. The highest BCUT2D eigenvalue weighted by Gasteiger charge is 2.14. The van der Waals surface area contributed by atoms with E-state index in [9.17, 15) is 0 Å². The highest BCUT2D eigenvalue weighted by Crippen LogP contribution is 2.24. The van der Waals surface area contributed by atoms with Crippen molar-refractivity contribution < 1.29 is 9.47 Å². The summed E-state index contributed by atoms with van der Waals surface area (Å²) < 4.78 is 12.5. The van der Waals surface area contributed by atoms with Crippen molar-refractivity contribution in [2.45, 2.75) is 38.2 Å². The molecule has 1 saturated heterocycles. The molecule has 0 radical (unpaired) electrons. The second-order valence-electron chi connectivity index (χ2n) is 4.92. The number of hydrogen-bond acceptors (Lipinski definition) is 3. The molecule has 1 atom stereocenters. The first-order valence-corrected chi connectivity index (χ1v) is 7.82. The largest absolute Gasteiger partial charge is 0.493 e. The van der Waals surface area contributed by atoms with E-state index in [2.05, 4.69) is 22.0 Å². The lowest BCUT2D eigenvalue weighted by atomic mass is 10.1. The molecule has 0 bridgehead atoms. The van der Waals surface area contributed by atoms with Crippen molar-refractivity contribution in [1.29, 1.82) is 0 Å². The molecule has 1 aromatic rings. The molecule has 0 saturated carbocycles. The Morgan fingerprint density at radius 1 is 1.42 bits per heavy atom. The summed E-state index contributed by atoms with van der Waals surface area (Å²) in [6.45, 7) is 2.32. The molecule has 106 valence electrons. The predicted molar refractivity (Wildman–Crippen MR) is 80.6 cm³/mol. The van der Waals surface area contributed by atoms with E-state index in [1.807, 2.05) is 12.1 Å². The van der Waals surface area contributed by atoms with Crippen LogP contribution in [0.25, 0.3) is 0 Å². The molecule has 1 heterocycles. The molecule has 3 nitrogen and oxygen atoms in total. The normalized spacial score (nSPS) is 18.7. The van der Waals surface area contributed by atoms with Crippen LogP contribution >= 0.6 is 15.9 Å². The second-order valence-corrected chi connectivity index (χ2v) is 5.83. The summed E-state index contributed by atoms with van der Waals surface area (Å²) >= 11 is 3.48. The van der Waals surface area contributed by atoms with Gasteiger partial charge in [0.25, 0.3) is 0 Å². The fraction of sp³-hybridized carbons (Fsp3) is 0.600. The van der Waals surface area contributed by atoms with Gasteiger partial charge in [0.1, 0.15) is 5.75 Å². The van der Waals surface area contributed by atoms with E-state index in [1.54, 1.807) is 0 Å². The first-order chi connectivity index (χ1) is 9.29. The van der Waals surface area contributed by atoms with Gasteiger partial charge >= 0.3 is 0 Å². The highest BCUT2D eigenvalue weighted by atomic mass is 79.9. The minimum Gasteiger partial charge on any atom is -0.493 e. The third-order valence-corrected chi connectivity index (χ3v) is 3.88. The molecule has 1 aliphatic rings. The number of ether oxygens (including phenoxy) is 2. The van der Waals surface area contributed by atoms with Crippen LogP contribution in [0, 0.1) is 0 Å². The van der Waals surface area contributed by atoms with Crippen LogP contribution < -0.4 is 10.5 Å². The minimum atomic E-state index is 0.456. The van der Waals surface area contributed by atoms with E-state index in [4.69, 9.17) is 15.2 Å². The van der Waals surface area contributed by atoms with E-state index in [1.165, 1.54) is 18.4 Å². The third kappa shape index (κ3) is 4.79. The van der Waals surface area contributed by atoms with E-state index in [0.29, 0.717) is 12.6 Å². The van der Waals surface area contributed by atoms with Gasteiger partial charge in [-0.05, 0) is 62.4 Å². The summed E-state index contributed by atoms with van der Waals surface area (Å²) in [7, 11) is 0. The molecule has 2 rings (SSSR count). The summed E-state index contributed by atoms with van der Waals surface area (Å²) in [4.78, 5) is 0. The van der Waals surface area contributed by atoms with E-state index in [-0.39, 0.29) is 0 Å². The Morgan fingerprint density at radius 2 is 2.32 bits per heavy atom. The van der Waals surface area contributed by atoms with Crippen LogP contribution in [-0.2, 0) is 11.2 Å². The Balaban J connectivity index is 1.77. The molecule has 0 aliphatic carbocycles. The molecule has 0 spiro atoms. The number of benzene rings is 1. The molecule has 1 fully saturated rings. The number of nitrogens with two attached hydrogens (primary N) is 1. The lowest BCUT2D eigenvalue weighted by Crippen LogP contribution is -2.09. The molecular formula is C15H22BrNO2. The van der Waals surface area contributed by atoms with Crippen LogP contribution in [0.4, 0.5) is 0 Å². The molecule has 1 unspecified atom stereocenters. The van der Waals surface area contributed by atoms with Gasteiger partial charge in [-0.15, -0.1) is 0 Å². The van der Waals surface area contributed by atoms with Gasteiger partial charge in [-0.1, -0.05) is 15.9 Å². The zero-order valence-corrected chi connectivity index (χ0v) is 12.8. The van der Waals surface area contributed by atoms with Gasteiger partial charge in [0, 0.05) is 11.1 Å². The SMILES string of the molecule is NCCc1cc(Br)ccc1OCCCC1CCCO1. The average molecular weight is 328 g/mol. The van der Waals surface area contributed by atoms with Crippen LogP contribution in [0.3, 0.4) is 0 Å². The average Bonchev–Trinajstić information content (AvgIpc) is 2.90. The molecule has 4 heteroatoms. The van der Waals surface area contributed by atoms with Crippen molar-refractivity contribution in [3.63, 3.8) is 0 Å². The lowest BCUT2D eigenvalue weighted by molar-refractivity contribution is 0.0981. The van der Waals surface area contributed by atoms with Gasteiger partial charge in [0.15, 0.2) is 0 Å². The maximum atomic E-state index is 5.87. The molecular weight excluding hydrogens is 306 g/mol. The first-order valence-electron chi connectivity index (χ1n) is 7.02. The van der Waals surface area contributed by atoms with Crippen molar-refractivity contribution in [3.05, 3.63) is 28.2 Å². The van der Waals surface area contributed by atoms with Gasteiger partial charge in [-0.2, -0.15) is 0 Å². The standard InChI is InChI=1S/C15H22BrNO2/c16-13-5-6-15(12(11-13)7-8-17)19-10-2-4-14-3-1-9-18-14/h5-6,11,14H,1-4,7-10,17H2. The summed E-state index contributed by atoms with van der Waals surface area (Å²) in [5.74, 6) is 0.959. The fourth-order valence-electron chi connectivity index (χ4n) is 2.40. The number of halogens is 1. The van der Waals surface area contributed by atoms with Crippen molar-refractivity contribution in [3.8, 4) is 5.75 Å². The Morgan fingerprint density at radius 3 is 3.05 bits per heavy atom. The topological polar surface area (TPSA) is 44.5 Å². The Labute approximate surface area is 123 Å². The summed E-state index contributed by atoms with van der Waals surface area (Å²) in [6.07, 6.45) is 5.86. The molecule has 0 amide bonds. The van der Waals surface area contributed by atoms with Crippen molar-refractivity contribution >= 4 is 15.9 Å². The summed E-state index contributed by atoms with van der Waals surface area (Å²) in [5, 5.41) is 0. The van der Waals surface area contributed by atoms with Gasteiger partial charge in [-0.3, -0.25) is 0 Å². The van der Waals surface area contributed by atoms with E-state index in [0.717, 1.165) is 42.7 Å². The van der Waals surface area contributed by atoms with Gasteiger partial charge in [0.05, 0.1) is 12.7 Å². The molecule has 1 aliphatic heterocycles. The van der Waals surface area contributed by atoms with Crippen molar-refractivity contribution in [2.75, 3.05) is 19.8 Å². The number of hydrogen-bond donors (Lipinski definition) is 1. The second kappa shape index (κ2) is 7.88. The van der Waals surface area contributed by atoms with Crippen LogP contribution in [0.2, 0.25) is 0 Å². The molecule has 0 aromatic heterocycles. The van der Waals surface area contributed by atoms with Crippen LogP contribution in [0.5, 0.6) is 5.75 Å². The van der Waals surface area contributed by atoms with Gasteiger partial charge in [0.2, 0.25) is 0 Å². The zero-order valence-electron chi connectivity index (χ0n) is 11.2. The van der Waals surface area contributed by atoms with Crippen LogP contribution in [0.15, 0.2) is 22.7 Å². The smallest absolute Gasteiger partial charge is 0.122 e. The highest BCUT2D eigenvalue weighted by molar-refractivity contribution is 9.10. The Bertz CT molecular complexity index is 392. The summed E-state index contributed by atoms with van der Waals surface area (Å²) in [6, 6.07) is 6.11. The van der Waals surface area contributed by atoms with E-state index >= 15 is 0 Å². The van der Waals surface area contributed by atoms with Crippen LogP contribution in [-0.4, -0.2) is 25.9 Å². The monoisotopic (exact) mass is 327 g/mol. The summed E-state index contributed by atoms with van der Waals surface area (Å²) in [5.41, 5.74) is 6.80. The maximum Gasteiger partial charge on any atom is 0.122 e. The quantitative estimate of drug-likeness (QED) is 0.781. The first kappa shape index (κ1) is 14.8. The molecule has 19 heavy (non-hydrogen) atoms. The maximum absolute atomic E-state index is 5.87. The zero-order chi connectivity index (χ0) is 13.5. The van der Waals surface area contributed by atoms with Gasteiger partial charge < -0.3 is 15.2 Å². The number of rotatable bonds is 7. The van der Waals surface area contributed by atoms with Crippen molar-refractivity contribution in [2.24, 2.45) is 5.73 Å². The minimum absolute atomic E-state index is 0.456. The predicted octanol–water partition coefficient (Wildman–Crippen LogP) is 3.29. The van der Waals surface area contributed by atoms with Crippen molar-refractivity contribution in [1.82, 2.24) is 0 Å². The van der Waals surface area contributed by atoms with E-state index < -0.39 is 0 Å². The Hall–Kier alpha value is -0.580. The molecule has 1 aromatic carbocycles. The fourth-order valence-corrected chi connectivity index (χ4v) is 2.81. The molecule has 2 N–H and O–H groups in total. The van der Waals surface area contributed by atoms with Crippen LogP contribution in [0.1, 0.15) is 31.2 Å². The third-order valence-electron chi connectivity index (χ3n) is 3.39. The van der Waals surface area contributed by atoms with Gasteiger partial charge in [-0.25, -0.2) is 0 Å².